The Morgan fingerprint density at radius 1 is 0.867 bits per heavy atom. The van der Waals surface area contributed by atoms with Gasteiger partial charge in [0, 0.05) is 12.6 Å². The standard InChI is InChI=1S/C25H25NO4/c1-28-22-15-21(13-14-24(27)26-17-19-9-5-3-6-10-19)16-23(29-2)25(22)30-18-20-11-7-4-8-12-20/h3-16H,17-18H2,1-2H3,(H,26,27)/b14-13+. The van der Waals surface area contributed by atoms with E-state index in [0.29, 0.717) is 30.4 Å². The lowest BCUT2D eigenvalue weighted by Gasteiger charge is -2.15. The molecule has 0 aliphatic carbocycles. The molecule has 0 atom stereocenters. The Kier molecular flexibility index (Phi) is 7.50. The summed E-state index contributed by atoms with van der Waals surface area (Å²) in [5.74, 6) is 1.42. The lowest BCUT2D eigenvalue weighted by molar-refractivity contribution is -0.116. The maximum absolute atomic E-state index is 12.1. The molecule has 0 heterocycles. The van der Waals surface area contributed by atoms with Crippen LogP contribution in [0.1, 0.15) is 16.7 Å². The molecule has 1 N–H and O–H groups in total. The van der Waals surface area contributed by atoms with Crippen LogP contribution in [0.15, 0.2) is 78.9 Å². The van der Waals surface area contributed by atoms with E-state index in [0.717, 1.165) is 16.7 Å². The minimum Gasteiger partial charge on any atom is -0.493 e. The molecule has 0 aromatic heterocycles. The Hall–Kier alpha value is -3.73. The molecule has 0 aliphatic heterocycles. The smallest absolute Gasteiger partial charge is 0.244 e. The number of hydrogen-bond donors (Lipinski definition) is 1. The average Bonchev–Trinajstić information content (AvgIpc) is 2.81. The second kappa shape index (κ2) is 10.7. The first kappa shape index (κ1) is 21.0. The lowest BCUT2D eigenvalue weighted by Crippen LogP contribution is -2.20. The SMILES string of the molecule is COc1cc(/C=C/C(=O)NCc2ccccc2)cc(OC)c1OCc1ccccc1. The number of ether oxygens (including phenoxy) is 3. The number of nitrogens with one attached hydrogen (secondary N) is 1. The van der Waals surface area contributed by atoms with Crippen LogP contribution in [-0.4, -0.2) is 20.1 Å². The molecular weight excluding hydrogens is 378 g/mol. The van der Waals surface area contributed by atoms with Crippen LogP contribution in [0.5, 0.6) is 17.2 Å². The molecule has 0 fully saturated rings. The highest BCUT2D eigenvalue weighted by Gasteiger charge is 2.14. The van der Waals surface area contributed by atoms with E-state index in [1.54, 1.807) is 20.3 Å². The summed E-state index contributed by atoms with van der Waals surface area (Å²) in [6.45, 7) is 0.869. The van der Waals surface area contributed by atoms with E-state index in [2.05, 4.69) is 5.32 Å². The van der Waals surface area contributed by atoms with Gasteiger partial charge in [0.15, 0.2) is 11.5 Å². The summed E-state index contributed by atoms with van der Waals surface area (Å²) in [4.78, 5) is 12.1. The maximum atomic E-state index is 12.1. The van der Waals surface area contributed by atoms with Gasteiger partial charge in [0.1, 0.15) is 6.61 Å². The van der Waals surface area contributed by atoms with Gasteiger partial charge in [0.2, 0.25) is 11.7 Å². The van der Waals surface area contributed by atoms with Gasteiger partial charge in [-0.05, 0) is 34.9 Å². The van der Waals surface area contributed by atoms with Crippen molar-refractivity contribution < 1.29 is 19.0 Å². The molecule has 0 spiro atoms. The first-order valence-corrected chi connectivity index (χ1v) is 9.62. The molecule has 0 unspecified atom stereocenters. The van der Waals surface area contributed by atoms with Gasteiger partial charge < -0.3 is 19.5 Å². The number of hydrogen-bond acceptors (Lipinski definition) is 4. The summed E-state index contributed by atoms with van der Waals surface area (Å²) in [6, 6.07) is 23.2. The van der Waals surface area contributed by atoms with Crippen molar-refractivity contribution in [2.75, 3.05) is 14.2 Å². The van der Waals surface area contributed by atoms with E-state index in [9.17, 15) is 4.79 Å². The normalized spacial score (nSPS) is 10.6. The Morgan fingerprint density at radius 2 is 1.43 bits per heavy atom. The highest BCUT2D eigenvalue weighted by molar-refractivity contribution is 5.91. The number of carbonyl (C=O) groups excluding carboxylic acids is 1. The van der Waals surface area contributed by atoms with E-state index < -0.39 is 0 Å². The van der Waals surface area contributed by atoms with Crippen LogP contribution in [0.25, 0.3) is 6.08 Å². The van der Waals surface area contributed by atoms with Gasteiger partial charge >= 0.3 is 0 Å². The van der Waals surface area contributed by atoms with Gasteiger partial charge in [-0.3, -0.25) is 4.79 Å². The molecule has 30 heavy (non-hydrogen) atoms. The Morgan fingerprint density at radius 3 is 2.00 bits per heavy atom. The van der Waals surface area contributed by atoms with Crippen molar-refractivity contribution in [2.45, 2.75) is 13.2 Å². The molecule has 0 aliphatic rings. The Labute approximate surface area is 176 Å². The van der Waals surface area contributed by atoms with Crippen LogP contribution in [0.4, 0.5) is 0 Å². The predicted octanol–water partition coefficient (Wildman–Crippen LogP) is 4.61. The monoisotopic (exact) mass is 403 g/mol. The molecule has 0 bridgehead atoms. The van der Waals surface area contributed by atoms with E-state index >= 15 is 0 Å². The van der Waals surface area contributed by atoms with Gasteiger partial charge in [-0.1, -0.05) is 60.7 Å². The van der Waals surface area contributed by atoms with Crippen LogP contribution in [-0.2, 0) is 17.9 Å². The van der Waals surface area contributed by atoms with E-state index in [4.69, 9.17) is 14.2 Å². The Bertz CT molecular complexity index is 960. The van der Waals surface area contributed by atoms with E-state index in [1.165, 1.54) is 6.08 Å². The number of methoxy groups -OCH3 is 2. The summed E-state index contributed by atoms with van der Waals surface area (Å²) >= 11 is 0. The number of amides is 1. The lowest BCUT2D eigenvalue weighted by atomic mass is 10.1. The van der Waals surface area contributed by atoms with Crippen molar-refractivity contribution >= 4 is 12.0 Å². The van der Waals surface area contributed by atoms with Crippen molar-refractivity contribution in [1.29, 1.82) is 0 Å². The third-order valence-electron chi connectivity index (χ3n) is 4.45. The van der Waals surface area contributed by atoms with Crippen molar-refractivity contribution in [1.82, 2.24) is 5.32 Å². The van der Waals surface area contributed by atoms with Crippen LogP contribution >= 0.6 is 0 Å². The summed E-state index contributed by atoms with van der Waals surface area (Å²) in [5, 5.41) is 2.86. The van der Waals surface area contributed by atoms with Gasteiger partial charge in [-0.15, -0.1) is 0 Å². The molecule has 5 nitrogen and oxygen atoms in total. The molecule has 0 radical (unpaired) electrons. The second-order valence-electron chi connectivity index (χ2n) is 6.57. The van der Waals surface area contributed by atoms with Gasteiger partial charge in [-0.25, -0.2) is 0 Å². The number of rotatable bonds is 9. The zero-order valence-electron chi connectivity index (χ0n) is 17.1. The first-order chi connectivity index (χ1) is 14.7. The Balaban J connectivity index is 1.69. The van der Waals surface area contributed by atoms with Gasteiger partial charge in [0.05, 0.1) is 14.2 Å². The summed E-state index contributed by atoms with van der Waals surface area (Å²) in [6.07, 6.45) is 3.20. The molecule has 3 aromatic carbocycles. The van der Waals surface area contributed by atoms with Crippen LogP contribution in [0, 0.1) is 0 Å². The third kappa shape index (κ3) is 5.88. The fraction of sp³-hybridized carbons (Fsp3) is 0.160. The summed E-state index contributed by atoms with van der Waals surface area (Å²) < 4.78 is 16.9. The van der Waals surface area contributed by atoms with Crippen molar-refractivity contribution in [3.63, 3.8) is 0 Å². The zero-order chi connectivity index (χ0) is 21.2. The largest absolute Gasteiger partial charge is 0.493 e. The maximum Gasteiger partial charge on any atom is 0.244 e. The second-order valence-corrected chi connectivity index (χ2v) is 6.57. The minimum absolute atomic E-state index is 0.179. The molecule has 3 aromatic rings. The summed E-state index contributed by atoms with van der Waals surface area (Å²) in [5.41, 5.74) is 2.86. The zero-order valence-corrected chi connectivity index (χ0v) is 17.1. The van der Waals surface area contributed by atoms with Gasteiger partial charge in [-0.2, -0.15) is 0 Å². The number of benzene rings is 3. The predicted molar refractivity (Wildman–Crippen MR) is 118 cm³/mol. The fourth-order valence-corrected chi connectivity index (χ4v) is 2.88. The summed E-state index contributed by atoms with van der Waals surface area (Å²) in [7, 11) is 3.15. The third-order valence-corrected chi connectivity index (χ3v) is 4.45. The first-order valence-electron chi connectivity index (χ1n) is 9.62. The molecular formula is C25H25NO4. The molecule has 1 amide bonds. The highest BCUT2D eigenvalue weighted by Crippen LogP contribution is 2.39. The van der Waals surface area contributed by atoms with E-state index in [-0.39, 0.29) is 5.91 Å². The highest BCUT2D eigenvalue weighted by atomic mass is 16.5. The molecule has 3 rings (SSSR count). The topological polar surface area (TPSA) is 56.8 Å². The molecule has 5 heteroatoms. The number of carbonyl (C=O) groups is 1. The molecule has 154 valence electrons. The fourth-order valence-electron chi connectivity index (χ4n) is 2.88. The molecule has 0 saturated heterocycles. The van der Waals surface area contributed by atoms with Crippen molar-refractivity contribution in [3.05, 3.63) is 95.6 Å². The molecule has 0 saturated carbocycles. The quantitative estimate of drug-likeness (QED) is 0.530. The van der Waals surface area contributed by atoms with Crippen LogP contribution < -0.4 is 19.5 Å². The van der Waals surface area contributed by atoms with Gasteiger partial charge in [0.25, 0.3) is 0 Å². The van der Waals surface area contributed by atoms with Crippen molar-refractivity contribution in [3.8, 4) is 17.2 Å². The minimum atomic E-state index is -0.179. The van der Waals surface area contributed by atoms with Crippen molar-refractivity contribution in [2.24, 2.45) is 0 Å². The van der Waals surface area contributed by atoms with Crippen LogP contribution in [0.3, 0.4) is 0 Å². The van der Waals surface area contributed by atoms with Crippen LogP contribution in [0.2, 0.25) is 0 Å². The average molecular weight is 403 g/mol. The van der Waals surface area contributed by atoms with E-state index in [1.807, 2.05) is 72.8 Å².